The highest BCUT2D eigenvalue weighted by molar-refractivity contribution is 5.88. The lowest BCUT2D eigenvalue weighted by Gasteiger charge is -2.37. The van der Waals surface area contributed by atoms with Crippen LogP contribution in [0.2, 0.25) is 0 Å². The fourth-order valence-corrected chi connectivity index (χ4v) is 3.11. The Balaban J connectivity index is 1.84. The molecule has 1 saturated heterocycles. The second-order valence-corrected chi connectivity index (χ2v) is 7.70. The predicted octanol–water partition coefficient (Wildman–Crippen LogP) is 2.30. The van der Waals surface area contributed by atoms with Gasteiger partial charge in [-0.1, -0.05) is 0 Å². The van der Waals surface area contributed by atoms with Crippen molar-refractivity contribution in [3.05, 3.63) is 34.2 Å². The van der Waals surface area contributed by atoms with Gasteiger partial charge in [0.05, 0.1) is 11.2 Å². The van der Waals surface area contributed by atoms with Crippen molar-refractivity contribution < 1.29 is 9.53 Å². The molecule has 2 aromatic rings. The number of carbonyl (C=O) groups excluding carboxylic acids is 1. The summed E-state index contributed by atoms with van der Waals surface area (Å²) in [5, 5.41) is 0. The molecule has 0 unspecified atom stereocenters. The Morgan fingerprint density at radius 3 is 2.42 bits per heavy atom. The number of aromatic nitrogens is 2. The van der Waals surface area contributed by atoms with E-state index >= 15 is 0 Å². The van der Waals surface area contributed by atoms with E-state index in [0.717, 1.165) is 22.4 Å². The van der Waals surface area contributed by atoms with Gasteiger partial charge in [-0.3, -0.25) is 4.79 Å². The zero-order valence-electron chi connectivity index (χ0n) is 16.1. The van der Waals surface area contributed by atoms with E-state index in [-0.39, 0.29) is 11.7 Å². The summed E-state index contributed by atoms with van der Waals surface area (Å²) < 4.78 is 7.06. The maximum atomic E-state index is 12.3. The number of carbonyl (C=O) groups is 1. The number of pyridine rings is 2. The van der Waals surface area contributed by atoms with Gasteiger partial charge in [0.25, 0.3) is 5.56 Å². The third-order valence-electron chi connectivity index (χ3n) is 4.48. The van der Waals surface area contributed by atoms with E-state index in [2.05, 4.69) is 9.88 Å². The van der Waals surface area contributed by atoms with Crippen LogP contribution in [0.1, 0.15) is 26.5 Å². The van der Waals surface area contributed by atoms with Gasteiger partial charge in [-0.15, -0.1) is 0 Å². The van der Waals surface area contributed by atoms with Gasteiger partial charge in [-0.05, 0) is 39.8 Å². The summed E-state index contributed by atoms with van der Waals surface area (Å²) in [5.41, 5.74) is 2.80. The lowest BCUT2D eigenvalue weighted by Crippen LogP contribution is -2.50. The van der Waals surface area contributed by atoms with E-state index in [9.17, 15) is 9.59 Å². The van der Waals surface area contributed by atoms with Crippen LogP contribution in [0.15, 0.2) is 23.0 Å². The molecule has 0 aliphatic carbocycles. The molecule has 0 N–H and O–H groups in total. The number of nitrogens with zero attached hydrogens (tertiary/aromatic N) is 4. The molecule has 0 atom stereocenters. The Hall–Kier alpha value is -2.57. The number of rotatable bonds is 1. The van der Waals surface area contributed by atoms with Crippen LogP contribution < -0.4 is 10.5 Å². The van der Waals surface area contributed by atoms with Crippen molar-refractivity contribution in [1.29, 1.82) is 0 Å². The molecule has 2 aromatic heterocycles. The van der Waals surface area contributed by atoms with Crippen molar-refractivity contribution in [3.8, 4) is 0 Å². The highest BCUT2D eigenvalue weighted by Crippen LogP contribution is 2.25. The van der Waals surface area contributed by atoms with Crippen molar-refractivity contribution in [2.45, 2.75) is 33.3 Å². The first-order valence-corrected chi connectivity index (χ1v) is 8.86. The minimum absolute atomic E-state index is 0.0623. The summed E-state index contributed by atoms with van der Waals surface area (Å²) in [5.74, 6) is 0. The lowest BCUT2D eigenvalue weighted by molar-refractivity contribution is 0.0240. The first-order chi connectivity index (χ1) is 12.2. The van der Waals surface area contributed by atoms with Gasteiger partial charge in [0, 0.05) is 45.0 Å². The second kappa shape index (κ2) is 6.63. The van der Waals surface area contributed by atoms with Crippen molar-refractivity contribution >= 4 is 22.8 Å². The standard InChI is InChI=1S/C19H26N4O3/c1-13-6-7-14-17(20-13)15(12-16(24)21(14)5)22-8-10-23(11-9-22)18(25)26-19(2,3)4/h6-7,12H,8-11H2,1-5H3. The third-order valence-corrected chi connectivity index (χ3v) is 4.48. The SMILES string of the molecule is Cc1ccc2c(n1)c(N1CCN(C(=O)OC(C)(C)C)CC1)cc(=O)n2C. The van der Waals surface area contributed by atoms with Crippen molar-refractivity contribution in [3.63, 3.8) is 0 Å². The molecular weight excluding hydrogens is 332 g/mol. The number of hydrogen-bond donors (Lipinski definition) is 0. The zero-order chi connectivity index (χ0) is 19.1. The van der Waals surface area contributed by atoms with Crippen LogP contribution in [0.5, 0.6) is 0 Å². The van der Waals surface area contributed by atoms with E-state index in [0.29, 0.717) is 26.2 Å². The largest absolute Gasteiger partial charge is 0.444 e. The average Bonchev–Trinajstić information content (AvgIpc) is 2.56. The van der Waals surface area contributed by atoms with Crippen molar-refractivity contribution in [1.82, 2.24) is 14.5 Å². The molecule has 0 spiro atoms. The first kappa shape index (κ1) is 18.2. The predicted molar refractivity (Wildman–Crippen MR) is 102 cm³/mol. The quantitative estimate of drug-likeness (QED) is 0.782. The number of ether oxygens (including phenoxy) is 1. The van der Waals surface area contributed by atoms with Crippen LogP contribution in [-0.4, -0.2) is 52.3 Å². The molecule has 3 heterocycles. The molecule has 7 nitrogen and oxygen atoms in total. The Kier molecular flexibility index (Phi) is 4.64. The van der Waals surface area contributed by atoms with Crippen LogP contribution >= 0.6 is 0 Å². The van der Waals surface area contributed by atoms with Gasteiger partial charge in [-0.25, -0.2) is 9.78 Å². The van der Waals surface area contributed by atoms with Crippen LogP contribution in [0.3, 0.4) is 0 Å². The van der Waals surface area contributed by atoms with Crippen LogP contribution in [0.4, 0.5) is 10.5 Å². The number of hydrogen-bond acceptors (Lipinski definition) is 5. The Labute approximate surface area is 153 Å². The molecule has 0 radical (unpaired) electrons. The number of anilines is 1. The fraction of sp³-hybridized carbons (Fsp3) is 0.526. The highest BCUT2D eigenvalue weighted by Gasteiger charge is 2.27. The molecule has 1 aliphatic rings. The molecule has 1 amide bonds. The number of fused-ring (bicyclic) bond motifs is 1. The molecule has 3 rings (SSSR count). The van der Waals surface area contributed by atoms with Gasteiger partial charge in [-0.2, -0.15) is 0 Å². The van der Waals surface area contributed by atoms with E-state index < -0.39 is 5.60 Å². The smallest absolute Gasteiger partial charge is 0.410 e. The van der Waals surface area contributed by atoms with E-state index in [1.165, 1.54) is 0 Å². The van der Waals surface area contributed by atoms with Gasteiger partial charge < -0.3 is 19.1 Å². The topological polar surface area (TPSA) is 67.7 Å². The van der Waals surface area contributed by atoms with Crippen molar-refractivity contribution in [2.75, 3.05) is 31.1 Å². The van der Waals surface area contributed by atoms with Gasteiger partial charge in [0.2, 0.25) is 0 Å². The molecule has 0 saturated carbocycles. The number of amides is 1. The lowest BCUT2D eigenvalue weighted by atomic mass is 10.2. The molecule has 1 fully saturated rings. The van der Waals surface area contributed by atoms with Crippen LogP contribution in [-0.2, 0) is 11.8 Å². The summed E-state index contributed by atoms with van der Waals surface area (Å²) in [7, 11) is 1.76. The normalized spacial score (nSPS) is 15.4. The molecule has 1 aliphatic heterocycles. The van der Waals surface area contributed by atoms with Gasteiger partial charge in [0.15, 0.2) is 0 Å². The minimum atomic E-state index is -0.502. The summed E-state index contributed by atoms with van der Waals surface area (Å²) >= 11 is 0. The minimum Gasteiger partial charge on any atom is -0.444 e. The third kappa shape index (κ3) is 3.66. The average molecular weight is 358 g/mol. The molecule has 0 aromatic carbocycles. The molecule has 140 valence electrons. The Bertz CT molecular complexity index is 890. The van der Waals surface area contributed by atoms with Gasteiger partial charge >= 0.3 is 6.09 Å². The van der Waals surface area contributed by atoms with Crippen LogP contribution in [0.25, 0.3) is 11.0 Å². The molecular formula is C19H26N4O3. The van der Waals surface area contributed by atoms with E-state index in [4.69, 9.17) is 4.74 Å². The monoisotopic (exact) mass is 358 g/mol. The first-order valence-electron chi connectivity index (χ1n) is 8.86. The number of aryl methyl sites for hydroxylation is 2. The summed E-state index contributed by atoms with van der Waals surface area (Å²) in [6.07, 6.45) is -0.292. The fourth-order valence-electron chi connectivity index (χ4n) is 3.11. The van der Waals surface area contributed by atoms with Crippen LogP contribution in [0, 0.1) is 6.92 Å². The highest BCUT2D eigenvalue weighted by atomic mass is 16.6. The van der Waals surface area contributed by atoms with E-state index in [1.807, 2.05) is 39.8 Å². The Morgan fingerprint density at radius 1 is 1.15 bits per heavy atom. The maximum absolute atomic E-state index is 12.3. The van der Waals surface area contributed by atoms with E-state index in [1.54, 1.807) is 22.6 Å². The molecule has 26 heavy (non-hydrogen) atoms. The maximum Gasteiger partial charge on any atom is 0.410 e. The summed E-state index contributed by atoms with van der Waals surface area (Å²) in [6.45, 7) is 9.90. The van der Waals surface area contributed by atoms with Crippen molar-refractivity contribution in [2.24, 2.45) is 7.05 Å². The summed E-state index contributed by atoms with van der Waals surface area (Å²) in [6, 6.07) is 5.48. The summed E-state index contributed by atoms with van der Waals surface area (Å²) in [4.78, 5) is 33.0. The van der Waals surface area contributed by atoms with Gasteiger partial charge in [0.1, 0.15) is 11.1 Å². The zero-order valence-corrected chi connectivity index (χ0v) is 16.1. The number of piperazine rings is 1. The molecule has 7 heteroatoms. The second-order valence-electron chi connectivity index (χ2n) is 7.70. The molecule has 0 bridgehead atoms. The Morgan fingerprint density at radius 2 is 1.81 bits per heavy atom.